The van der Waals surface area contributed by atoms with Crippen LogP contribution in [0.5, 0.6) is 0 Å². The van der Waals surface area contributed by atoms with E-state index in [0.29, 0.717) is 0 Å². The molecule has 2 aromatic rings. The predicted molar refractivity (Wildman–Crippen MR) is 52.2 cm³/mol. The van der Waals surface area contributed by atoms with Crippen molar-refractivity contribution in [2.75, 3.05) is 6.54 Å². The number of para-hydroxylation sites is 2. The van der Waals surface area contributed by atoms with Crippen LogP contribution in [0.3, 0.4) is 0 Å². The Bertz CT molecular complexity index is 417. The van der Waals surface area contributed by atoms with Gasteiger partial charge in [-0.2, -0.15) is 0 Å². The van der Waals surface area contributed by atoms with Crippen molar-refractivity contribution < 1.29 is 5.73 Å². The molecular formula is C10H14N3+. The van der Waals surface area contributed by atoms with E-state index >= 15 is 0 Å². The van der Waals surface area contributed by atoms with Gasteiger partial charge in [-0.15, -0.1) is 0 Å². The molecule has 0 saturated carbocycles. The minimum atomic E-state index is 0.900. The van der Waals surface area contributed by atoms with Crippen LogP contribution in [0, 0.1) is 0 Å². The van der Waals surface area contributed by atoms with Crippen LogP contribution in [-0.4, -0.2) is 16.1 Å². The molecule has 0 spiro atoms. The fourth-order valence-electron chi connectivity index (χ4n) is 1.58. The third kappa shape index (κ3) is 1.31. The van der Waals surface area contributed by atoms with E-state index in [-0.39, 0.29) is 0 Å². The molecule has 0 radical (unpaired) electrons. The second-order valence-electron chi connectivity index (χ2n) is 3.18. The van der Waals surface area contributed by atoms with E-state index in [1.54, 1.807) is 0 Å². The van der Waals surface area contributed by atoms with Crippen molar-refractivity contribution in [2.45, 2.75) is 6.42 Å². The van der Waals surface area contributed by atoms with Crippen LogP contribution in [0.25, 0.3) is 11.0 Å². The molecule has 68 valence electrons. The summed E-state index contributed by atoms with van der Waals surface area (Å²) in [5.41, 5.74) is 6.12. The normalized spacial score (nSPS) is 10.9. The summed E-state index contributed by atoms with van der Waals surface area (Å²) in [7, 11) is 2.06. The van der Waals surface area contributed by atoms with Crippen molar-refractivity contribution in [1.82, 2.24) is 9.55 Å². The summed E-state index contributed by atoms with van der Waals surface area (Å²) < 4.78 is 2.14. The molecule has 0 unspecified atom stereocenters. The number of aromatic nitrogens is 2. The van der Waals surface area contributed by atoms with E-state index in [1.165, 1.54) is 5.52 Å². The number of fused-ring (bicyclic) bond motifs is 1. The first-order valence-electron chi connectivity index (χ1n) is 4.52. The van der Waals surface area contributed by atoms with Gasteiger partial charge in [0, 0.05) is 7.05 Å². The van der Waals surface area contributed by atoms with Crippen LogP contribution in [0.4, 0.5) is 0 Å². The van der Waals surface area contributed by atoms with Gasteiger partial charge in [0.2, 0.25) is 0 Å². The standard InChI is InChI=1S/C10H13N3/c1-13-9-5-3-2-4-8(9)12-10(13)6-7-11/h2-5H,6-7,11H2,1H3/p+1. The first kappa shape index (κ1) is 8.26. The molecule has 0 bridgehead atoms. The zero-order valence-electron chi connectivity index (χ0n) is 7.83. The molecule has 0 amide bonds. The Morgan fingerprint density at radius 2 is 2.15 bits per heavy atom. The second kappa shape index (κ2) is 3.18. The number of quaternary nitrogens is 1. The van der Waals surface area contributed by atoms with Gasteiger partial charge in [-0.1, -0.05) is 12.1 Å². The molecule has 0 saturated heterocycles. The van der Waals surface area contributed by atoms with E-state index in [4.69, 9.17) is 0 Å². The number of aryl methyl sites for hydroxylation is 1. The van der Waals surface area contributed by atoms with Crippen LogP contribution >= 0.6 is 0 Å². The van der Waals surface area contributed by atoms with Crippen LogP contribution < -0.4 is 5.73 Å². The predicted octanol–water partition coefficient (Wildman–Crippen LogP) is 0.358. The van der Waals surface area contributed by atoms with Crippen molar-refractivity contribution in [3.8, 4) is 0 Å². The molecule has 0 aliphatic rings. The molecule has 13 heavy (non-hydrogen) atoms. The van der Waals surface area contributed by atoms with Gasteiger partial charge in [-0.05, 0) is 12.1 Å². The molecule has 1 aromatic carbocycles. The van der Waals surface area contributed by atoms with Gasteiger partial charge >= 0.3 is 0 Å². The van der Waals surface area contributed by atoms with Crippen molar-refractivity contribution in [3.05, 3.63) is 30.1 Å². The molecule has 3 nitrogen and oxygen atoms in total. The summed E-state index contributed by atoms with van der Waals surface area (Å²) in [6.45, 7) is 0.900. The SMILES string of the molecule is Cn1c(CC[NH3+])nc2ccccc21. The summed E-state index contributed by atoms with van der Waals surface area (Å²) in [4.78, 5) is 4.52. The van der Waals surface area contributed by atoms with Gasteiger partial charge in [0.25, 0.3) is 0 Å². The molecule has 0 atom stereocenters. The molecule has 2 rings (SSSR count). The highest BCUT2D eigenvalue weighted by Crippen LogP contribution is 2.13. The molecular weight excluding hydrogens is 162 g/mol. The van der Waals surface area contributed by atoms with Crippen molar-refractivity contribution in [1.29, 1.82) is 0 Å². The Kier molecular flexibility index (Phi) is 2.02. The maximum Gasteiger partial charge on any atom is 0.115 e. The maximum atomic E-state index is 4.52. The zero-order valence-corrected chi connectivity index (χ0v) is 7.83. The molecule has 1 aromatic heterocycles. The third-order valence-corrected chi connectivity index (χ3v) is 2.28. The highest BCUT2D eigenvalue weighted by molar-refractivity contribution is 5.75. The molecule has 1 heterocycles. The molecule has 0 aliphatic carbocycles. The van der Waals surface area contributed by atoms with E-state index in [0.717, 1.165) is 24.3 Å². The van der Waals surface area contributed by atoms with Crippen molar-refractivity contribution in [2.24, 2.45) is 7.05 Å². The first-order valence-corrected chi connectivity index (χ1v) is 4.52. The number of imidazole rings is 1. The average molecular weight is 176 g/mol. The topological polar surface area (TPSA) is 45.5 Å². The van der Waals surface area contributed by atoms with E-state index in [2.05, 4.69) is 28.4 Å². The highest BCUT2D eigenvalue weighted by Gasteiger charge is 2.05. The Morgan fingerprint density at radius 1 is 1.38 bits per heavy atom. The quantitative estimate of drug-likeness (QED) is 0.705. The minimum absolute atomic E-state index is 0.900. The Labute approximate surface area is 77.2 Å². The largest absolute Gasteiger partial charge is 0.357 e. The number of rotatable bonds is 2. The average Bonchev–Trinajstić information content (AvgIpc) is 2.46. The number of nitrogens with zero attached hydrogens (tertiary/aromatic N) is 2. The Balaban J connectivity index is 2.60. The summed E-state index contributed by atoms with van der Waals surface area (Å²) in [6, 6.07) is 8.19. The van der Waals surface area contributed by atoms with Gasteiger partial charge in [-0.3, -0.25) is 0 Å². The lowest BCUT2D eigenvalue weighted by atomic mass is 10.3. The lowest BCUT2D eigenvalue weighted by Crippen LogP contribution is -2.51. The lowest BCUT2D eigenvalue weighted by Gasteiger charge is -1.97. The highest BCUT2D eigenvalue weighted by atomic mass is 15.1. The second-order valence-corrected chi connectivity index (χ2v) is 3.18. The van der Waals surface area contributed by atoms with Gasteiger partial charge in [0.05, 0.1) is 24.0 Å². The Morgan fingerprint density at radius 3 is 2.85 bits per heavy atom. The van der Waals surface area contributed by atoms with Crippen LogP contribution in [0.2, 0.25) is 0 Å². The fourth-order valence-corrected chi connectivity index (χ4v) is 1.58. The summed E-state index contributed by atoms with van der Waals surface area (Å²) in [6.07, 6.45) is 0.950. The van der Waals surface area contributed by atoms with Crippen LogP contribution in [-0.2, 0) is 13.5 Å². The Hall–Kier alpha value is -1.35. The van der Waals surface area contributed by atoms with Crippen molar-refractivity contribution >= 4 is 11.0 Å². The summed E-state index contributed by atoms with van der Waals surface area (Å²) in [5.74, 6) is 1.12. The van der Waals surface area contributed by atoms with E-state index in [1.807, 2.05) is 18.2 Å². The van der Waals surface area contributed by atoms with E-state index < -0.39 is 0 Å². The lowest BCUT2D eigenvalue weighted by molar-refractivity contribution is -0.366. The van der Waals surface area contributed by atoms with Crippen molar-refractivity contribution in [3.63, 3.8) is 0 Å². The zero-order chi connectivity index (χ0) is 9.26. The number of hydrogen-bond acceptors (Lipinski definition) is 1. The van der Waals surface area contributed by atoms with Gasteiger partial charge < -0.3 is 10.3 Å². The minimum Gasteiger partial charge on any atom is -0.357 e. The van der Waals surface area contributed by atoms with Gasteiger partial charge in [0.15, 0.2) is 0 Å². The van der Waals surface area contributed by atoms with Crippen LogP contribution in [0.15, 0.2) is 24.3 Å². The molecule has 3 N–H and O–H groups in total. The van der Waals surface area contributed by atoms with Gasteiger partial charge in [0.1, 0.15) is 5.82 Å². The maximum absolute atomic E-state index is 4.52. The summed E-state index contributed by atoms with van der Waals surface area (Å²) in [5, 5.41) is 0. The molecule has 3 heteroatoms. The molecule has 0 aliphatic heterocycles. The molecule has 0 fully saturated rings. The first-order chi connectivity index (χ1) is 6.33. The fraction of sp³-hybridized carbons (Fsp3) is 0.300. The number of benzene rings is 1. The van der Waals surface area contributed by atoms with E-state index in [9.17, 15) is 0 Å². The monoisotopic (exact) mass is 176 g/mol. The third-order valence-electron chi connectivity index (χ3n) is 2.28. The summed E-state index contributed by atoms with van der Waals surface area (Å²) >= 11 is 0. The number of hydrogen-bond donors (Lipinski definition) is 1. The smallest absolute Gasteiger partial charge is 0.115 e. The van der Waals surface area contributed by atoms with Gasteiger partial charge in [-0.25, -0.2) is 4.98 Å². The van der Waals surface area contributed by atoms with Crippen LogP contribution in [0.1, 0.15) is 5.82 Å².